The average molecular weight is 290 g/mol. The zero-order valence-corrected chi connectivity index (χ0v) is 10.3. The zero-order chi connectivity index (χ0) is 11.8. The topological polar surface area (TPSA) is 50.4 Å². The van der Waals surface area contributed by atoms with Crippen LogP contribution in [0.3, 0.4) is 0 Å². The molecule has 3 rings (SSSR count). The highest BCUT2D eigenvalue weighted by atomic mass is 79.9. The summed E-state index contributed by atoms with van der Waals surface area (Å²) in [5.74, 6) is 0.479. The Labute approximate surface area is 106 Å². The summed E-state index contributed by atoms with van der Waals surface area (Å²) in [6, 6.07) is 11.2. The lowest BCUT2D eigenvalue weighted by molar-refractivity contribution is 0.455. The van der Waals surface area contributed by atoms with E-state index in [9.17, 15) is 5.11 Å². The molecular weight excluding hydrogens is 282 g/mol. The second-order valence-corrected chi connectivity index (χ2v) is 4.52. The van der Waals surface area contributed by atoms with Gasteiger partial charge >= 0.3 is 0 Å². The van der Waals surface area contributed by atoms with Crippen LogP contribution in [0.1, 0.15) is 0 Å². The quantitative estimate of drug-likeness (QED) is 0.749. The fraction of sp³-hybridized carbons (Fsp3) is 0. The molecule has 0 saturated heterocycles. The van der Waals surface area contributed by atoms with Gasteiger partial charge in [0.15, 0.2) is 5.82 Å². The predicted molar refractivity (Wildman–Crippen MR) is 67.8 cm³/mol. The monoisotopic (exact) mass is 289 g/mol. The van der Waals surface area contributed by atoms with Crippen LogP contribution in [0.4, 0.5) is 0 Å². The number of rotatable bonds is 1. The highest BCUT2D eigenvalue weighted by Crippen LogP contribution is 2.23. The van der Waals surface area contributed by atoms with Gasteiger partial charge in [-0.25, -0.2) is 4.52 Å². The summed E-state index contributed by atoms with van der Waals surface area (Å²) in [6.07, 6.45) is 1.78. The van der Waals surface area contributed by atoms with E-state index < -0.39 is 0 Å². The molecule has 1 aromatic carbocycles. The molecule has 0 aliphatic rings. The molecule has 0 aliphatic heterocycles. The van der Waals surface area contributed by atoms with Crippen molar-refractivity contribution in [3.8, 4) is 17.3 Å². The molecule has 2 aromatic heterocycles. The minimum atomic E-state index is -0.0139. The third-order valence-electron chi connectivity index (χ3n) is 2.45. The molecule has 0 atom stereocenters. The molecule has 0 fully saturated rings. The molecule has 0 bridgehead atoms. The maximum Gasteiger partial charge on any atom is 0.239 e. The van der Waals surface area contributed by atoms with Crippen LogP contribution in [0.2, 0.25) is 0 Å². The van der Waals surface area contributed by atoms with Crippen molar-refractivity contribution in [3.63, 3.8) is 0 Å². The summed E-state index contributed by atoms with van der Waals surface area (Å²) in [7, 11) is 0. The molecule has 3 aromatic rings. The van der Waals surface area contributed by atoms with Gasteiger partial charge in [0.2, 0.25) is 5.88 Å². The molecule has 5 heteroatoms. The first-order valence-electron chi connectivity index (χ1n) is 5.04. The van der Waals surface area contributed by atoms with Gasteiger partial charge < -0.3 is 5.11 Å². The Morgan fingerprint density at radius 1 is 1.18 bits per heavy atom. The maximum absolute atomic E-state index is 9.79. The number of benzene rings is 1. The second kappa shape index (κ2) is 3.85. The fourth-order valence-electron chi connectivity index (χ4n) is 1.67. The van der Waals surface area contributed by atoms with Crippen LogP contribution in [0, 0.1) is 0 Å². The van der Waals surface area contributed by atoms with Crippen molar-refractivity contribution in [2.24, 2.45) is 0 Å². The van der Waals surface area contributed by atoms with E-state index in [0.717, 1.165) is 10.0 Å². The van der Waals surface area contributed by atoms with Gasteiger partial charge in [0.25, 0.3) is 0 Å². The summed E-state index contributed by atoms with van der Waals surface area (Å²) in [4.78, 5) is 4.09. The molecule has 0 radical (unpaired) electrons. The van der Waals surface area contributed by atoms with Crippen molar-refractivity contribution in [1.29, 1.82) is 0 Å². The van der Waals surface area contributed by atoms with Crippen LogP contribution in [0.25, 0.3) is 16.9 Å². The Balaban J connectivity index is 2.23. The van der Waals surface area contributed by atoms with Gasteiger partial charge in [-0.05, 0) is 24.3 Å². The van der Waals surface area contributed by atoms with Gasteiger partial charge in [-0.2, -0.15) is 4.98 Å². The Hall–Kier alpha value is -1.88. The van der Waals surface area contributed by atoms with Crippen molar-refractivity contribution in [1.82, 2.24) is 14.6 Å². The summed E-state index contributed by atoms with van der Waals surface area (Å²) in [5.41, 5.74) is 1.45. The Bertz CT molecular complexity index is 693. The smallest absolute Gasteiger partial charge is 0.239 e. The first-order chi connectivity index (χ1) is 8.24. The Kier molecular flexibility index (Phi) is 2.33. The molecule has 17 heavy (non-hydrogen) atoms. The number of hydrogen-bond acceptors (Lipinski definition) is 3. The van der Waals surface area contributed by atoms with Gasteiger partial charge in [0.1, 0.15) is 5.52 Å². The number of nitrogens with zero attached hydrogens (tertiary/aromatic N) is 3. The van der Waals surface area contributed by atoms with Gasteiger partial charge in [0, 0.05) is 16.2 Å². The maximum atomic E-state index is 9.79. The van der Waals surface area contributed by atoms with Crippen LogP contribution >= 0.6 is 15.9 Å². The normalized spacial score (nSPS) is 10.9. The number of hydrogen-bond donors (Lipinski definition) is 1. The van der Waals surface area contributed by atoms with Crippen molar-refractivity contribution in [2.45, 2.75) is 0 Å². The van der Waals surface area contributed by atoms with Crippen LogP contribution in [0.15, 0.2) is 47.1 Å². The molecular formula is C12H8BrN3O. The lowest BCUT2D eigenvalue weighted by Crippen LogP contribution is -1.97. The van der Waals surface area contributed by atoms with E-state index in [1.807, 2.05) is 30.3 Å². The molecule has 0 aliphatic carbocycles. The summed E-state index contributed by atoms with van der Waals surface area (Å²) in [6.45, 7) is 0. The third kappa shape index (κ3) is 1.78. The lowest BCUT2D eigenvalue weighted by Gasteiger charge is -2.03. The van der Waals surface area contributed by atoms with E-state index in [4.69, 9.17) is 0 Å². The van der Waals surface area contributed by atoms with E-state index in [-0.39, 0.29) is 5.88 Å². The zero-order valence-electron chi connectivity index (χ0n) is 8.71. The number of aromatic hydroxyl groups is 1. The fourth-order valence-corrected chi connectivity index (χ4v) is 2.07. The number of halogens is 1. The largest absolute Gasteiger partial charge is 0.492 e. The van der Waals surface area contributed by atoms with Crippen LogP contribution in [-0.4, -0.2) is 19.7 Å². The molecule has 2 heterocycles. The van der Waals surface area contributed by atoms with Crippen LogP contribution in [-0.2, 0) is 0 Å². The minimum absolute atomic E-state index is 0.0139. The van der Waals surface area contributed by atoms with E-state index in [0.29, 0.717) is 11.3 Å². The van der Waals surface area contributed by atoms with Crippen LogP contribution < -0.4 is 0 Å². The van der Waals surface area contributed by atoms with E-state index >= 15 is 0 Å². The Morgan fingerprint density at radius 2 is 2.06 bits per heavy atom. The third-order valence-corrected chi connectivity index (χ3v) is 2.95. The highest BCUT2D eigenvalue weighted by molar-refractivity contribution is 9.10. The summed E-state index contributed by atoms with van der Waals surface area (Å²) >= 11 is 3.40. The van der Waals surface area contributed by atoms with Crippen molar-refractivity contribution in [3.05, 3.63) is 47.1 Å². The summed E-state index contributed by atoms with van der Waals surface area (Å²) in [5, 5.41) is 14.1. The number of aromatic nitrogens is 3. The van der Waals surface area contributed by atoms with Gasteiger partial charge in [0.05, 0.1) is 0 Å². The molecule has 0 spiro atoms. The predicted octanol–water partition coefficient (Wildman–Crippen LogP) is 2.86. The highest BCUT2D eigenvalue weighted by Gasteiger charge is 2.08. The van der Waals surface area contributed by atoms with Crippen LogP contribution in [0.5, 0.6) is 5.88 Å². The molecule has 4 nitrogen and oxygen atoms in total. The van der Waals surface area contributed by atoms with Crippen molar-refractivity contribution < 1.29 is 5.11 Å². The lowest BCUT2D eigenvalue weighted by atomic mass is 10.2. The molecule has 1 N–H and O–H groups in total. The molecule has 0 saturated carbocycles. The summed E-state index contributed by atoms with van der Waals surface area (Å²) < 4.78 is 2.56. The Morgan fingerprint density at radius 3 is 2.88 bits per heavy atom. The van der Waals surface area contributed by atoms with E-state index in [2.05, 4.69) is 26.0 Å². The SMILES string of the molecule is Oc1nc(-c2cccc(Br)c2)nn2cccc12. The minimum Gasteiger partial charge on any atom is -0.492 e. The molecule has 84 valence electrons. The van der Waals surface area contributed by atoms with Gasteiger partial charge in [-0.15, -0.1) is 5.10 Å². The van der Waals surface area contributed by atoms with E-state index in [1.165, 1.54) is 0 Å². The molecule has 0 unspecified atom stereocenters. The molecule has 0 amide bonds. The first-order valence-corrected chi connectivity index (χ1v) is 5.83. The van der Waals surface area contributed by atoms with Crippen molar-refractivity contribution >= 4 is 21.4 Å². The standard InChI is InChI=1S/C12H8BrN3O/c13-9-4-1-3-8(7-9)11-14-12(17)10-5-2-6-16(10)15-11/h1-7H,(H,14,15,17). The average Bonchev–Trinajstić information content (AvgIpc) is 2.77. The van der Waals surface area contributed by atoms with E-state index in [1.54, 1.807) is 16.8 Å². The van der Waals surface area contributed by atoms with Gasteiger partial charge in [-0.3, -0.25) is 0 Å². The van der Waals surface area contributed by atoms with Crippen molar-refractivity contribution in [2.75, 3.05) is 0 Å². The second-order valence-electron chi connectivity index (χ2n) is 3.61. The number of fused-ring (bicyclic) bond motifs is 1. The van der Waals surface area contributed by atoms with Gasteiger partial charge in [-0.1, -0.05) is 28.1 Å². The first kappa shape index (κ1) is 10.3.